The summed E-state index contributed by atoms with van der Waals surface area (Å²) in [6.07, 6.45) is 3.50. The molecule has 180 valence electrons. The van der Waals surface area contributed by atoms with E-state index in [0.29, 0.717) is 17.8 Å². The van der Waals surface area contributed by atoms with E-state index in [9.17, 15) is 18.8 Å². The van der Waals surface area contributed by atoms with Crippen LogP contribution < -0.4 is 5.32 Å². The van der Waals surface area contributed by atoms with Crippen molar-refractivity contribution in [3.05, 3.63) is 106 Å². The van der Waals surface area contributed by atoms with E-state index in [0.717, 1.165) is 38.7 Å². The molecule has 3 aromatic carbocycles. The van der Waals surface area contributed by atoms with E-state index in [1.54, 1.807) is 36.4 Å². The Morgan fingerprint density at radius 1 is 1.00 bits per heavy atom. The highest BCUT2D eigenvalue weighted by atomic mass is 32.2. The molecule has 1 fully saturated rings. The van der Waals surface area contributed by atoms with Crippen molar-refractivity contribution in [2.24, 2.45) is 0 Å². The van der Waals surface area contributed by atoms with Crippen molar-refractivity contribution in [2.45, 2.75) is 13.5 Å². The lowest BCUT2D eigenvalue weighted by Crippen LogP contribution is -2.36. The van der Waals surface area contributed by atoms with Gasteiger partial charge in [-0.15, -0.1) is 0 Å². The number of benzene rings is 3. The first-order valence-electron chi connectivity index (χ1n) is 11.3. The van der Waals surface area contributed by atoms with E-state index in [1.807, 2.05) is 54.1 Å². The molecule has 0 spiro atoms. The van der Waals surface area contributed by atoms with Crippen molar-refractivity contribution >= 4 is 51.5 Å². The third kappa shape index (κ3) is 4.81. The summed E-state index contributed by atoms with van der Waals surface area (Å²) in [4.78, 5) is 39.2. The fourth-order valence-corrected chi connectivity index (χ4v) is 4.92. The van der Waals surface area contributed by atoms with Crippen LogP contribution in [0.3, 0.4) is 0 Å². The summed E-state index contributed by atoms with van der Waals surface area (Å²) in [5, 5.41) is 3.08. The standard InChI is InChI=1S/C28H22FN3O3S/c1-18-10-12-21(13-11-18)30-26(33)17-32-27(34)25(36-28(32)35)14-20-16-31(24-9-5-3-7-22(20)24)15-19-6-2-4-8-23(19)29/h2-14,16H,15,17H2,1H3,(H,30,33)/b25-14-. The monoisotopic (exact) mass is 499 g/mol. The number of carbonyl (C=O) groups excluding carboxylic acids is 3. The number of nitrogens with zero attached hydrogens (tertiary/aromatic N) is 2. The molecular weight excluding hydrogens is 477 g/mol. The summed E-state index contributed by atoms with van der Waals surface area (Å²) in [6.45, 7) is 1.89. The summed E-state index contributed by atoms with van der Waals surface area (Å²) >= 11 is 0.800. The highest BCUT2D eigenvalue weighted by Gasteiger charge is 2.36. The van der Waals surface area contributed by atoms with Crippen LogP contribution in [-0.4, -0.2) is 33.1 Å². The summed E-state index contributed by atoms with van der Waals surface area (Å²) in [6, 6.07) is 21.5. The van der Waals surface area contributed by atoms with Gasteiger partial charge in [0, 0.05) is 33.9 Å². The number of hydrogen-bond donors (Lipinski definition) is 1. The molecule has 0 unspecified atom stereocenters. The number of halogens is 1. The molecule has 1 aliphatic heterocycles. The van der Waals surface area contributed by atoms with Crippen LogP contribution in [0.15, 0.2) is 83.9 Å². The number of rotatable bonds is 6. The molecule has 0 atom stereocenters. The molecular formula is C28H22FN3O3S. The van der Waals surface area contributed by atoms with Gasteiger partial charge in [-0.1, -0.05) is 54.1 Å². The van der Waals surface area contributed by atoms with Gasteiger partial charge in [0.1, 0.15) is 12.4 Å². The second-order valence-corrected chi connectivity index (χ2v) is 9.50. The normalized spacial score (nSPS) is 14.7. The number of para-hydroxylation sites is 1. The van der Waals surface area contributed by atoms with Crippen molar-refractivity contribution < 1.29 is 18.8 Å². The van der Waals surface area contributed by atoms with E-state index in [1.165, 1.54) is 6.07 Å². The van der Waals surface area contributed by atoms with Gasteiger partial charge < -0.3 is 9.88 Å². The van der Waals surface area contributed by atoms with Crippen LogP contribution >= 0.6 is 11.8 Å². The number of carbonyl (C=O) groups is 3. The first-order chi connectivity index (χ1) is 17.4. The SMILES string of the molecule is Cc1ccc(NC(=O)CN2C(=O)S/C(=C\c3cn(Cc4ccccc4F)c4ccccc34)C2=O)cc1. The zero-order valence-corrected chi connectivity index (χ0v) is 20.2. The maximum absolute atomic E-state index is 14.3. The maximum Gasteiger partial charge on any atom is 0.294 e. The van der Waals surface area contributed by atoms with Gasteiger partial charge >= 0.3 is 0 Å². The Hall–Kier alpha value is -4.17. The van der Waals surface area contributed by atoms with Crippen molar-refractivity contribution in [2.75, 3.05) is 11.9 Å². The molecule has 3 amide bonds. The van der Waals surface area contributed by atoms with Gasteiger partial charge in [-0.2, -0.15) is 0 Å². The molecule has 0 radical (unpaired) electrons. The molecule has 36 heavy (non-hydrogen) atoms. The van der Waals surface area contributed by atoms with Gasteiger partial charge in [0.2, 0.25) is 5.91 Å². The smallest absolute Gasteiger partial charge is 0.294 e. The van der Waals surface area contributed by atoms with Gasteiger partial charge in [-0.25, -0.2) is 4.39 Å². The molecule has 0 bridgehead atoms. The fraction of sp³-hybridized carbons (Fsp3) is 0.107. The second-order valence-electron chi connectivity index (χ2n) is 8.50. The number of anilines is 1. The first-order valence-corrected chi connectivity index (χ1v) is 12.1. The third-order valence-electron chi connectivity index (χ3n) is 5.92. The molecule has 0 saturated carbocycles. The van der Waals surface area contributed by atoms with E-state index in [-0.39, 0.29) is 17.3 Å². The Morgan fingerprint density at radius 2 is 1.72 bits per heavy atom. The highest BCUT2D eigenvalue weighted by molar-refractivity contribution is 8.18. The Balaban J connectivity index is 1.38. The van der Waals surface area contributed by atoms with Crippen LogP contribution in [0.5, 0.6) is 0 Å². The van der Waals surface area contributed by atoms with Crippen molar-refractivity contribution in [3.8, 4) is 0 Å². The van der Waals surface area contributed by atoms with E-state index >= 15 is 0 Å². The number of aryl methyl sites for hydroxylation is 1. The summed E-state index contributed by atoms with van der Waals surface area (Å²) in [5.41, 5.74) is 3.81. The molecule has 1 N–H and O–H groups in total. The predicted molar refractivity (Wildman–Crippen MR) is 140 cm³/mol. The molecule has 1 aliphatic rings. The largest absolute Gasteiger partial charge is 0.342 e. The van der Waals surface area contributed by atoms with E-state index in [4.69, 9.17) is 0 Å². The zero-order valence-electron chi connectivity index (χ0n) is 19.4. The Morgan fingerprint density at radius 3 is 2.50 bits per heavy atom. The Kier molecular flexibility index (Phi) is 6.43. The second kappa shape index (κ2) is 9.83. The number of aromatic nitrogens is 1. The fourth-order valence-electron chi connectivity index (χ4n) is 4.09. The van der Waals surface area contributed by atoms with Crippen LogP contribution in [0, 0.1) is 12.7 Å². The van der Waals surface area contributed by atoms with Gasteiger partial charge in [-0.05, 0) is 49.0 Å². The van der Waals surface area contributed by atoms with Gasteiger partial charge in [0.15, 0.2) is 0 Å². The van der Waals surface area contributed by atoms with Crippen LogP contribution in [0.4, 0.5) is 14.9 Å². The molecule has 1 aromatic heterocycles. The van der Waals surface area contributed by atoms with Crippen LogP contribution in [0.1, 0.15) is 16.7 Å². The third-order valence-corrected chi connectivity index (χ3v) is 6.82. The zero-order chi connectivity index (χ0) is 25.2. The molecule has 4 aromatic rings. The van der Waals surface area contributed by atoms with Crippen molar-refractivity contribution in [3.63, 3.8) is 0 Å². The topological polar surface area (TPSA) is 71.4 Å². The van der Waals surface area contributed by atoms with Crippen molar-refractivity contribution in [1.29, 1.82) is 0 Å². The minimum atomic E-state index is -0.519. The lowest BCUT2D eigenvalue weighted by atomic mass is 10.1. The van der Waals surface area contributed by atoms with Gasteiger partial charge in [0.05, 0.1) is 11.4 Å². The van der Waals surface area contributed by atoms with Crippen LogP contribution in [0.25, 0.3) is 17.0 Å². The molecule has 6 nitrogen and oxygen atoms in total. The minimum absolute atomic E-state index is 0.233. The highest BCUT2D eigenvalue weighted by Crippen LogP contribution is 2.34. The average Bonchev–Trinajstić information content (AvgIpc) is 3.34. The van der Waals surface area contributed by atoms with Gasteiger partial charge in [-0.3, -0.25) is 19.3 Å². The minimum Gasteiger partial charge on any atom is -0.342 e. The number of nitrogens with one attached hydrogen (secondary N) is 1. The Labute approximate surface area is 211 Å². The lowest BCUT2D eigenvalue weighted by molar-refractivity contribution is -0.127. The number of imide groups is 1. The summed E-state index contributed by atoms with van der Waals surface area (Å²) < 4.78 is 16.2. The van der Waals surface area contributed by atoms with Gasteiger partial charge in [0.25, 0.3) is 11.1 Å². The maximum atomic E-state index is 14.3. The molecule has 0 aliphatic carbocycles. The van der Waals surface area contributed by atoms with Crippen LogP contribution in [-0.2, 0) is 16.1 Å². The van der Waals surface area contributed by atoms with Crippen molar-refractivity contribution in [1.82, 2.24) is 9.47 Å². The van der Waals surface area contributed by atoms with E-state index < -0.39 is 17.1 Å². The Bertz CT molecular complexity index is 1520. The molecule has 1 saturated heterocycles. The number of hydrogen-bond acceptors (Lipinski definition) is 4. The lowest BCUT2D eigenvalue weighted by Gasteiger charge is -2.12. The first kappa shape index (κ1) is 23.6. The number of amides is 3. The summed E-state index contributed by atoms with van der Waals surface area (Å²) in [5.74, 6) is -1.26. The average molecular weight is 500 g/mol. The number of fused-ring (bicyclic) bond motifs is 1. The molecule has 5 rings (SSSR count). The predicted octanol–water partition coefficient (Wildman–Crippen LogP) is 5.81. The molecule has 2 heterocycles. The quantitative estimate of drug-likeness (QED) is 0.340. The summed E-state index contributed by atoms with van der Waals surface area (Å²) in [7, 11) is 0. The molecule has 8 heteroatoms. The van der Waals surface area contributed by atoms with Crippen LogP contribution in [0.2, 0.25) is 0 Å². The van der Waals surface area contributed by atoms with E-state index in [2.05, 4.69) is 5.32 Å². The number of thioether (sulfide) groups is 1.